The van der Waals surface area contributed by atoms with Crippen molar-refractivity contribution in [3.63, 3.8) is 0 Å². The van der Waals surface area contributed by atoms with Gasteiger partial charge in [-0.05, 0) is 25.3 Å². The molecule has 0 bridgehead atoms. The first kappa shape index (κ1) is 15.3. The second-order valence-corrected chi connectivity index (χ2v) is 6.24. The van der Waals surface area contributed by atoms with Crippen molar-refractivity contribution in [2.45, 2.75) is 37.8 Å². The molecule has 1 aliphatic carbocycles. The highest BCUT2D eigenvalue weighted by molar-refractivity contribution is 5.94. The van der Waals surface area contributed by atoms with Gasteiger partial charge < -0.3 is 9.84 Å². The second kappa shape index (κ2) is 6.33. The van der Waals surface area contributed by atoms with Gasteiger partial charge in [0, 0.05) is 24.1 Å². The number of nitrogens with one attached hydrogen (secondary N) is 3. The summed E-state index contributed by atoms with van der Waals surface area (Å²) in [5, 5.41) is 6.91. The van der Waals surface area contributed by atoms with E-state index in [1.165, 1.54) is 6.07 Å². The van der Waals surface area contributed by atoms with Gasteiger partial charge in [0.1, 0.15) is 11.6 Å². The molecule has 1 aliphatic heterocycles. The third-order valence-corrected chi connectivity index (χ3v) is 4.70. The topological polar surface area (TPSA) is 79.2 Å². The van der Waals surface area contributed by atoms with E-state index in [9.17, 15) is 9.18 Å². The molecule has 2 heterocycles. The highest BCUT2D eigenvalue weighted by atomic mass is 19.1. The van der Waals surface area contributed by atoms with Crippen LogP contribution in [0.2, 0.25) is 0 Å². The van der Waals surface area contributed by atoms with Crippen molar-refractivity contribution in [2.75, 3.05) is 6.54 Å². The molecule has 6 nitrogen and oxygen atoms in total. The minimum Gasteiger partial charge on any atom is -0.360 e. The summed E-state index contributed by atoms with van der Waals surface area (Å²) in [6.07, 6.45) is 3.76. The van der Waals surface area contributed by atoms with Crippen LogP contribution in [0.5, 0.6) is 0 Å². The lowest BCUT2D eigenvalue weighted by atomic mass is 9.96. The largest absolute Gasteiger partial charge is 0.360 e. The number of hydrogen-bond acceptors (Lipinski definition) is 5. The number of benzene rings is 1. The zero-order valence-corrected chi connectivity index (χ0v) is 13.1. The lowest BCUT2D eigenvalue weighted by molar-refractivity contribution is 0.0925. The minimum absolute atomic E-state index is 0.265. The van der Waals surface area contributed by atoms with E-state index < -0.39 is 0 Å². The number of aryl methyl sites for hydroxylation is 1. The maximum Gasteiger partial charge on any atom is 0.274 e. The van der Waals surface area contributed by atoms with Crippen LogP contribution in [-0.2, 0) is 12.8 Å². The Balaban J connectivity index is 1.53. The maximum atomic E-state index is 14.0. The van der Waals surface area contributed by atoms with Crippen molar-refractivity contribution in [2.24, 2.45) is 0 Å². The van der Waals surface area contributed by atoms with E-state index in [1.807, 2.05) is 0 Å². The van der Waals surface area contributed by atoms with Crippen LogP contribution in [0.3, 0.4) is 0 Å². The van der Waals surface area contributed by atoms with Crippen LogP contribution in [0.4, 0.5) is 4.39 Å². The predicted molar refractivity (Wildman–Crippen MR) is 84.7 cm³/mol. The Morgan fingerprint density at radius 1 is 1.29 bits per heavy atom. The van der Waals surface area contributed by atoms with E-state index in [2.05, 4.69) is 21.3 Å². The van der Waals surface area contributed by atoms with Crippen LogP contribution in [0.1, 0.15) is 46.3 Å². The van der Waals surface area contributed by atoms with Crippen molar-refractivity contribution in [1.29, 1.82) is 0 Å². The van der Waals surface area contributed by atoms with E-state index in [1.54, 1.807) is 18.2 Å². The van der Waals surface area contributed by atoms with Crippen molar-refractivity contribution in [1.82, 2.24) is 21.3 Å². The number of amides is 1. The molecule has 3 N–H and O–H groups in total. The Hall–Kier alpha value is -2.25. The molecule has 1 aromatic carbocycles. The molecule has 1 aromatic heterocycles. The SMILES string of the molecule is O=C(NC1CNNC1c1ccccc1F)c1noc2c1CCCC2. The fourth-order valence-electron chi connectivity index (χ4n) is 3.45. The molecule has 7 heteroatoms. The van der Waals surface area contributed by atoms with Crippen LogP contribution in [0.15, 0.2) is 28.8 Å². The third kappa shape index (κ3) is 2.70. The fourth-order valence-corrected chi connectivity index (χ4v) is 3.45. The number of carbonyl (C=O) groups excluding carboxylic acids is 1. The van der Waals surface area contributed by atoms with Gasteiger partial charge in [0.25, 0.3) is 5.91 Å². The summed E-state index contributed by atoms with van der Waals surface area (Å²) >= 11 is 0. The number of rotatable bonds is 3. The number of fused-ring (bicyclic) bond motifs is 1. The number of aromatic nitrogens is 1. The summed E-state index contributed by atoms with van der Waals surface area (Å²) in [5.74, 6) is 0.259. The molecule has 1 fully saturated rings. The highest BCUT2D eigenvalue weighted by Gasteiger charge is 2.33. The minimum atomic E-state index is -0.335. The summed E-state index contributed by atoms with van der Waals surface area (Å²) in [6.45, 7) is 0.505. The van der Waals surface area contributed by atoms with Gasteiger partial charge in [-0.3, -0.25) is 10.2 Å². The highest BCUT2D eigenvalue weighted by Crippen LogP contribution is 2.26. The molecule has 2 unspecified atom stereocenters. The second-order valence-electron chi connectivity index (χ2n) is 6.24. The first-order valence-electron chi connectivity index (χ1n) is 8.25. The summed E-state index contributed by atoms with van der Waals surface area (Å²) in [5.41, 5.74) is 7.82. The summed E-state index contributed by atoms with van der Waals surface area (Å²) in [7, 11) is 0. The smallest absolute Gasteiger partial charge is 0.274 e. The molecule has 0 spiro atoms. The molecule has 2 aliphatic rings. The zero-order chi connectivity index (χ0) is 16.5. The number of carbonyl (C=O) groups is 1. The molecule has 24 heavy (non-hydrogen) atoms. The van der Waals surface area contributed by atoms with E-state index in [-0.39, 0.29) is 23.8 Å². The van der Waals surface area contributed by atoms with E-state index in [0.29, 0.717) is 17.8 Å². The average molecular weight is 330 g/mol. The van der Waals surface area contributed by atoms with Crippen LogP contribution < -0.4 is 16.2 Å². The number of hydrogen-bond donors (Lipinski definition) is 3. The lowest BCUT2D eigenvalue weighted by Crippen LogP contribution is -2.41. The molecule has 0 radical (unpaired) electrons. The lowest BCUT2D eigenvalue weighted by Gasteiger charge is -2.20. The Labute approximate surface area is 138 Å². The summed E-state index contributed by atoms with van der Waals surface area (Å²) in [4.78, 5) is 12.6. The first-order chi connectivity index (χ1) is 11.7. The first-order valence-corrected chi connectivity index (χ1v) is 8.25. The zero-order valence-electron chi connectivity index (χ0n) is 13.1. The van der Waals surface area contributed by atoms with Gasteiger partial charge in [-0.15, -0.1) is 0 Å². The Morgan fingerprint density at radius 3 is 3.00 bits per heavy atom. The van der Waals surface area contributed by atoms with Gasteiger partial charge in [0.05, 0.1) is 12.1 Å². The van der Waals surface area contributed by atoms with Gasteiger partial charge in [0.15, 0.2) is 5.69 Å². The van der Waals surface area contributed by atoms with Crippen molar-refractivity contribution < 1.29 is 13.7 Å². The van der Waals surface area contributed by atoms with E-state index >= 15 is 0 Å². The van der Waals surface area contributed by atoms with Crippen molar-refractivity contribution in [3.8, 4) is 0 Å². The maximum absolute atomic E-state index is 14.0. The molecule has 0 saturated carbocycles. The van der Waals surface area contributed by atoms with Gasteiger partial charge in [0.2, 0.25) is 0 Å². The van der Waals surface area contributed by atoms with Crippen molar-refractivity contribution in [3.05, 3.63) is 52.7 Å². The molecule has 4 rings (SSSR count). The standard InChI is InChI=1S/C17H19FN4O2/c18-12-7-3-1-5-10(12)15-13(9-19-21-15)20-17(23)16-11-6-2-4-8-14(11)24-22-16/h1,3,5,7,13,15,19,21H,2,4,6,8-9H2,(H,20,23). The molecule has 1 amide bonds. The Morgan fingerprint density at radius 2 is 2.12 bits per heavy atom. The van der Waals surface area contributed by atoms with Gasteiger partial charge in [-0.1, -0.05) is 23.4 Å². The average Bonchev–Trinajstić information content (AvgIpc) is 3.22. The normalized spacial score (nSPS) is 23.0. The molecular formula is C17H19FN4O2. The van der Waals surface area contributed by atoms with Crippen LogP contribution in [-0.4, -0.2) is 23.7 Å². The summed E-state index contributed by atoms with van der Waals surface area (Å²) < 4.78 is 19.3. The van der Waals surface area contributed by atoms with Crippen LogP contribution in [0.25, 0.3) is 0 Å². The third-order valence-electron chi connectivity index (χ3n) is 4.70. The Kier molecular flexibility index (Phi) is 4.03. The van der Waals surface area contributed by atoms with Crippen molar-refractivity contribution >= 4 is 5.91 Å². The van der Waals surface area contributed by atoms with Crippen LogP contribution in [0, 0.1) is 5.82 Å². The van der Waals surface area contributed by atoms with Crippen LogP contribution >= 0.6 is 0 Å². The molecule has 126 valence electrons. The van der Waals surface area contributed by atoms with Gasteiger partial charge >= 0.3 is 0 Å². The van der Waals surface area contributed by atoms with E-state index in [0.717, 1.165) is 37.0 Å². The number of nitrogens with zero attached hydrogens (tertiary/aromatic N) is 1. The summed E-state index contributed by atoms with van der Waals surface area (Å²) in [6, 6.07) is 5.96. The predicted octanol–water partition coefficient (Wildman–Crippen LogP) is 1.64. The Bertz CT molecular complexity index is 761. The number of halogens is 1. The number of hydrazine groups is 1. The quantitative estimate of drug-likeness (QED) is 0.797. The fraction of sp³-hybridized carbons (Fsp3) is 0.412. The molecular weight excluding hydrogens is 311 g/mol. The molecule has 2 aromatic rings. The van der Waals surface area contributed by atoms with E-state index in [4.69, 9.17) is 4.52 Å². The monoisotopic (exact) mass is 330 g/mol. The molecule has 2 atom stereocenters. The van der Waals surface area contributed by atoms with Gasteiger partial charge in [-0.2, -0.15) is 0 Å². The molecule has 1 saturated heterocycles. The van der Waals surface area contributed by atoms with Gasteiger partial charge in [-0.25, -0.2) is 9.82 Å².